The van der Waals surface area contributed by atoms with Crippen LogP contribution in [0.15, 0.2) is 374 Å². The molecule has 19 aromatic rings. The van der Waals surface area contributed by atoms with Crippen molar-refractivity contribution in [2.24, 2.45) is 0 Å². The van der Waals surface area contributed by atoms with Crippen molar-refractivity contribution in [1.82, 2.24) is 15.0 Å². The minimum absolute atomic E-state index is 0. The molecule has 0 spiro atoms. The predicted octanol–water partition coefficient (Wildman–Crippen LogP) is 29.2. The number of para-hydroxylation sites is 5. The van der Waals surface area contributed by atoms with Gasteiger partial charge in [-0.25, -0.2) is 0 Å². The number of rotatable bonds is 6. The number of hydrogen-bond acceptors (Lipinski definition) is 8. The van der Waals surface area contributed by atoms with Crippen molar-refractivity contribution in [1.29, 1.82) is 0 Å². The SMILES string of the molecule is Brc1cccc2c1-c1ccccc1C2.C1CCOC1.CC1(C)c2ccccc2-c2ccc3[nH]c4ccccc4c3c21.Cc1ccccc1Br.O=C(Cl)c1ccccc1Br.O=C(c1ccccc1Br)c1cccc2[nH]c3ccccc3c12.O=C1c2ccccc2-c2ccc3[nH]c4ccccc4c3c21.O=[N+]([O-])c1ccccc1-c1ccccc1Br.O=[N+]([O-])c1ccccc1I.[CH3-].[I-].[Mg+2]. The number of H-pyrrole nitrogens is 3. The molecular formula is C109H83Br5ClI2MgN5O8. The third kappa shape index (κ3) is 22.3. The summed E-state index contributed by atoms with van der Waals surface area (Å²) in [6.07, 6.45) is 3.63. The molecule has 1 aliphatic heterocycles. The molecule has 13 nitrogen and oxygen atoms in total. The Morgan fingerprint density at radius 1 is 0.389 bits per heavy atom. The smallest absolute Gasteiger partial charge is 1.00 e. The minimum atomic E-state index is -0.438. The van der Waals surface area contributed by atoms with Crippen molar-refractivity contribution in [2.45, 2.75) is 45.4 Å². The first-order chi connectivity index (χ1) is 62.1. The Bertz CT molecular complexity index is 7360. The van der Waals surface area contributed by atoms with Gasteiger partial charge in [0.15, 0.2) is 11.6 Å². The maximum Gasteiger partial charge on any atom is 2.00 e. The molecule has 22 heteroatoms. The number of benzene rings is 16. The number of nitrogens with one attached hydrogen (secondary N) is 3. The number of nitro groups is 2. The van der Waals surface area contributed by atoms with Crippen molar-refractivity contribution in [3.05, 3.63) is 461 Å². The Morgan fingerprint density at radius 2 is 0.809 bits per heavy atom. The third-order valence-corrected chi connectivity index (χ3v) is 27.3. The van der Waals surface area contributed by atoms with Crippen LogP contribution in [-0.4, -0.2) is 77.9 Å². The van der Waals surface area contributed by atoms with Crippen LogP contribution in [0.5, 0.6) is 0 Å². The van der Waals surface area contributed by atoms with Crippen LogP contribution in [0.2, 0.25) is 0 Å². The van der Waals surface area contributed by atoms with Gasteiger partial charge in [0.05, 0.1) is 19.0 Å². The van der Waals surface area contributed by atoms with E-state index >= 15 is 0 Å². The molecule has 0 unspecified atom stereocenters. The van der Waals surface area contributed by atoms with Crippen LogP contribution < -0.4 is 24.0 Å². The minimum Gasteiger partial charge on any atom is -1.00 e. The summed E-state index contributed by atoms with van der Waals surface area (Å²) < 4.78 is 10.4. The molecule has 0 bridgehead atoms. The van der Waals surface area contributed by atoms with Gasteiger partial charge in [0.25, 0.3) is 16.6 Å². The van der Waals surface area contributed by atoms with Gasteiger partial charge in [0, 0.05) is 152 Å². The first-order valence-electron chi connectivity index (χ1n) is 41.1. The fourth-order valence-electron chi connectivity index (χ4n) is 16.5. The summed E-state index contributed by atoms with van der Waals surface area (Å²) >= 11 is 24.2. The topological polar surface area (TPSA) is 194 Å². The average molecular weight is 2300 g/mol. The predicted molar refractivity (Wildman–Crippen MR) is 561 cm³/mol. The quantitative estimate of drug-likeness (QED) is 0.0278. The van der Waals surface area contributed by atoms with Crippen LogP contribution in [-0.2, 0) is 16.6 Å². The van der Waals surface area contributed by atoms with Crippen molar-refractivity contribution in [3.63, 3.8) is 0 Å². The Hall–Kier alpha value is -10.4. The van der Waals surface area contributed by atoms with E-state index in [1.54, 1.807) is 54.6 Å². The fraction of sp³-hybridized carbons (Fsp3) is 0.0826. The molecule has 23 rings (SSSR count). The maximum absolute atomic E-state index is 13.0. The number of aryl methyl sites for hydroxylation is 1. The summed E-state index contributed by atoms with van der Waals surface area (Å²) in [5.41, 5.74) is 26.6. The molecule has 131 heavy (non-hydrogen) atoms. The zero-order valence-electron chi connectivity index (χ0n) is 71.4. The number of ether oxygens (including phenoxy) is 1. The number of aromatic nitrogens is 3. The second-order valence-corrected chi connectivity index (χ2v) is 36.6. The molecule has 3 N–H and O–H groups in total. The number of ketones is 2. The number of fused-ring (bicyclic) bond motifs is 20. The summed E-state index contributed by atoms with van der Waals surface area (Å²) in [6.45, 7) is 8.77. The summed E-state index contributed by atoms with van der Waals surface area (Å²) in [6, 6.07) is 115. The van der Waals surface area contributed by atoms with Crippen LogP contribution in [0, 0.1) is 38.1 Å². The van der Waals surface area contributed by atoms with Crippen molar-refractivity contribution in [3.8, 4) is 44.5 Å². The number of carbonyl (C=O) groups is 3. The van der Waals surface area contributed by atoms with Gasteiger partial charge in [-0.15, -0.1) is 0 Å². The molecule has 1 fully saturated rings. The molecule has 3 aromatic heterocycles. The largest absolute Gasteiger partial charge is 2.00 e. The molecule has 3 aliphatic carbocycles. The van der Waals surface area contributed by atoms with Gasteiger partial charge in [0.2, 0.25) is 0 Å². The van der Waals surface area contributed by atoms with E-state index in [2.05, 4.69) is 243 Å². The number of nitrogens with zero attached hydrogens (tertiary/aromatic N) is 2. The fourth-order valence-corrected chi connectivity index (χ4v) is 19.7. The van der Waals surface area contributed by atoms with E-state index in [9.17, 15) is 34.6 Å². The number of carbonyl (C=O) groups excluding carboxylic acids is 3. The molecule has 0 saturated carbocycles. The Balaban J connectivity index is 0.000000137. The molecule has 0 amide bonds. The monoisotopic (exact) mass is 2300 g/mol. The molecular weight excluding hydrogens is 2220 g/mol. The van der Waals surface area contributed by atoms with Crippen molar-refractivity contribution in [2.75, 3.05) is 13.2 Å². The second-order valence-electron chi connectivity index (χ2n) is 30.8. The van der Waals surface area contributed by atoms with Crippen LogP contribution in [0.3, 0.4) is 0 Å². The van der Waals surface area contributed by atoms with E-state index in [0.29, 0.717) is 20.3 Å². The summed E-state index contributed by atoms with van der Waals surface area (Å²) in [4.78, 5) is 67.1. The van der Waals surface area contributed by atoms with Crippen LogP contribution in [0.1, 0.15) is 96.7 Å². The van der Waals surface area contributed by atoms with Gasteiger partial charge in [-0.2, -0.15) is 0 Å². The van der Waals surface area contributed by atoms with Gasteiger partial charge < -0.3 is 51.1 Å². The summed E-state index contributed by atoms with van der Waals surface area (Å²) in [5, 5.41) is 27.6. The van der Waals surface area contributed by atoms with Gasteiger partial charge >= 0.3 is 23.1 Å². The van der Waals surface area contributed by atoms with E-state index in [1.165, 1.54) is 106 Å². The summed E-state index contributed by atoms with van der Waals surface area (Å²) in [7, 11) is 0. The number of aromatic amines is 3. The van der Waals surface area contributed by atoms with Gasteiger partial charge in [-0.3, -0.25) is 34.6 Å². The number of hydrogen-bond donors (Lipinski definition) is 3. The molecule has 0 atom stereocenters. The normalized spacial score (nSPS) is 11.9. The van der Waals surface area contributed by atoms with E-state index in [4.69, 9.17) is 16.3 Å². The molecule has 4 heterocycles. The Labute approximate surface area is 853 Å². The van der Waals surface area contributed by atoms with Gasteiger partial charge in [-0.1, -0.05) is 342 Å². The molecule has 0 radical (unpaired) electrons. The average Bonchev–Trinajstić information content (AvgIpc) is 1.53. The number of halogens is 8. The van der Waals surface area contributed by atoms with E-state index in [-0.39, 0.29) is 92.7 Å². The third-order valence-electron chi connectivity index (χ3n) is 22.5. The van der Waals surface area contributed by atoms with E-state index in [0.717, 1.165) is 110 Å². The molecule has 650 valence electrons. The maximum atomic E-state index is 13.0. The first-order valence-corrected chi connectivity index (χ1v) is 46.6. The van der Waals surface area contributed by atoms with Gasteiger partial charge in [0.1, 0.15) is 0 Å². The zero-order chi connectivity index (χ0) is 89.7. The first kappa shape index (κ1) is 99.6. The van der Waals surface area contributed by atoms with Crippen LogP contribution in [0.25, 0.3) is 110 Å². The van der Waals surface area contributed by atoms with E-state index < -0.39 is 5.24 Å². The molecule has 4 aliphatic rings. The molecule has 1 saturated heterocycles. The standard InChI is InChI=1S/C21H17N.C19H12BrNO.C19H11NO.C13H9Br.C12H8BrNO2.C7H4BrClO.C7H7Br.C6H4INO2.C4H8O.CH3.HI.Mg/c1-21(2)16-9-5-3-7-13(16)14-11-12-18-19(20(14)21)15-8-4-6-10-17(15)22-18;20-15-9-3-1-6-12(15)19(22)14-8-5-11-17-18(14)13-7-2-4-10-16(13)21-17;21-19-13-6-2-1-5-11(13)12-9-10-16-17(18(12)19)14-7-3-4-8-15(14)20-16;14-12-7-3-5-10-8-9-4-1-2-6-11(9)13(10)12;13-11-7-3-1-5-9(11)10-6-2-4-8-12(10)14(15)16;8-6-4-2-1-3-5(6)7(9)10;1-6-4-2-3-5-7(6)8;7-5-3-1-2-4-6(5)8(9)10;1-2-4-5-3-1;;;/h3-12,22H,1-2H3;1-11,21H;1-10,20H;1-7H,8H2;1-8H;1-4H;2-5H,1H3;1-4H;1-4H2;1H3;1H;/q;;;;;;;;;-1;;+2/p-1. The molecule has 16 aromatic carbocycles. The Kier molecular flexibility index (Phi) is 34.8. The van der Waals surface area contributed by atoms with Crippen LogP contribution in [0.4, 0.5) is 11.4 Å². The van der Waals surface area contributed by atoms with Crippen molar-refractivity contribution >= 4 is 230 Å². The Morgan fingerprint density at radius 3 is 1.35 bits per heavy atom. The second kappa shape index (κ2) is 45.8. The van der Waals surface area contributed by atoms with Gasteiger partial charge in [-0.05, 0) is 213 Å². The van der Waals surface area contributed by atoms with Crippen LogP contribution >= 0.6 is 114 Å². The van der Waals surface area contributed by atoms with E-state index in [1.807, 2.05) is 180 Å². The van der Waals surface area contributed by atoms with Crippen molar-refractivity contribution < 1.29 is 52.9 Å². The zero-order valence-corrected chi connectivity index (χ0v) is 85.8. The number of nitro benzene ring substituents is 2. The summed E-state index contributed by atoms with van der Waals surface area (Å²) in [5.74, 6) is 0.166.